The van der Waals surface area contributed by atoms with Gasteiger partial charge in [0.25, 0.3) is 0 Å². The first-order valence-electron chi connectivity index (χ1n) is 16.1. The van der Waals surface area contributed by atoms with Gasteiger partial charge in [-0.05, 0) is 102 Å². The molecule has 1 aromatic heterocycles. The van der Waals surface area contributed by atoms with E-state index in [1.807, 2.05) is 0 Å². The monoisotopic (exact) mass is 596 g/mol. The third kappa shape index (κ3) is 3.95. The molecule has 0 unspecified atom stereocenters. The molecule has 0 fully saturated rings. The van der Waals surface area contributed by atoms with E-state index in [2.05, 4.69) is 174 Å². The summed E-state index contributed by atoms with van der Waals surface area (Å²) < 4.78 is 2.26. The van der Waals surface area contributed by atoms with Crippen LogP contribution in [0.3, 0.4) is 0 Å². The van der Waals surface area contributed by atoms with Gasteiger partial charge in [0, 0.05) is 11.3 Å². The average molecular weight is 597 g/mol. The molecule has 8 aromatic carbocycles. The maximum Gasteiger partial charge on any atom is 0.145 e. The van der Waals surface area contributed by atoms with Crippen LogP contribution in [0.25, 0.3) is 94.2 Å². The van der Waals surface area contributed by atoms with Gasteiger partial charge < -0.3 is 0 Å². The molecular formula is C45H28N2. The number of para-hydroxylation sites is 3. The predicted octanol–water partition coefficient (Wildman–Crippen LogP) is 12.0. The number of hydrogen-bond donors (Lipinski definition) is 0. The van der Waals surface area contributed by atoms with Crippen LogP contribution in [0.2, 0.25) is 0 Å². The second kappa shape index (κ2) is 10.1. The highest BCUT2D eigenvalue weighted by molar-refractivity contribution is 6.22. The van der Waals surface area contributed by atoms with E-state index in [1.54, 1.807) is 0 Å². The van der Waals surface area contributed by atoms with Gasteiger partial charge in [-0.3, -0.25) is 4.57 Å². The van der Waals surface area contributed by atoms with Gasteiger partial charge in [0.15, 0.2) is 0 Å². The lowest BCUT2D eigenvalue weighted by atomic mass is 9.88. The van der Waals surface area contributed by atoms with Gasteiger partial charge in [-0.15, -0.1) is 0 Å². The van der Waals surface area contributed by atoms with Crippen LogP contribution >= 0.6 is 0 Å². The molecule has 0 saturated heterocycles. The van der Waals surface area contributed by atoms with E-state index in [1.165, 1.54) is 66.1 Å². The summed E-state index contributed by atoms with van der Waals surface area (Å²) in [4.78, 5) is 5.08. The fourth-order valence-corrected chi connectivity index (χ4v) is 7.61. The van der Waals surface area contributed by atoms with Crippen molar-refractivity contribution < 1.29 is 0 Å². The van der Waals surface area contributed by atoms with E-state index in [0.717, 1.165) is 28.1 Å². The zero-order valence-electron chi connectivity index (χ0n) is 25.6. The molecule has 0 saturated carbocycles. The topological polar surface area (TPSA) is 17.8 Å². The summed E-state index contributed by atoms with van der Waals surface area (Å²) in [6, 6.07) is 61.5. The van der Waals surface area contributed by atoms with Crippen molar-refractivity contribution in [3.63, 3.8) is 0 Å². The minimum Gasteiger partial charge on any atom is -0.292 e. The van der Waals surface area contributed by atoms with Gasteiger partial charge >= 0.3 is 0 Å². The van der Waals surface area contributed by atoms with E-state index in [0.29, 0.717) is 0 Å². The van der Waals surface area contributed by atoms with Gasteiger partial charge in [0.2, 0.25) is 0 Å². The smallest absolute Gasteiger partial charge is 0.145 e. The third-order valence-electron chi connectivity index (χ3n) is 9.74. The Morgan fingerprint density at radius 2 is 1.02 bits per heavy atom. The number of aromatic nitrogens is 2. The first kappa shape index (κ1) is 26.0. The van der Waals surface area contributed by atoms with Crippen LogP contribution in [-0.2, 0) is 0 Å². The van der Waals surface area contributed by atoms with Crippen molar-refractivity contribution in [2.24, 2.45) is 0 Å². The predicted molar refractivity (Wildman–Crippen MR) is 197 cm³/mol. The van der Waals surface area contributed by atoms with Gasteiger partial charge in [-0.2, -0.15) is 0 Å². The number of nitrogens with zero attached hydrogens (tertiary/aromatic N) is 2. The second-order valence-corrected chi connectivity index (χ2v) is 12.4. The van der Waals surface area contributed by atoms with Gasteiger partial charge in [-0.25, -0.2) is 4.98 Å². The van der Waals surface area contributed by atoms with Gasteiger partial charge in [0.1, 0.15) is 5.82 Å². The number of benzene rings is 8. The van der Waals surface area contributed by atoms with E-state index in [4.69, 9.17) is 4.98 Å². The summed E-state index contributed by atoms with van der Waals surface area (Å²) in [5, 5.41) is 5.12. The van der Waals surface area contributed by atoms with Crippen molar-refractivity contribution in [2.45, 2.75) is 0 Å². The minimum atomic E-state index is 0.943. The van der Waals surface area contributed by atoms with E-state index in [-0.39, 0.29) is 0 Å². The highest BCUT2D eigenvalue weighted by Gasteiger charge is 2.23. The number of rotatable bonds is 3. The summed E-state index contributed by atoms with van der Waals surface area (Å²) in [6.45, 7) is 0. The lowest BCUT2D eigenvalue weighted by Crippen LogP contribution is -1.97. The molecule has 2 heteroatoms. The molecule has 0 atom stereocenters. The first-order valence-corrected chi connectivity index (χ1v) is 16.1. The van der Waals surface area contributed by atoms with Crippen molar-refractivity contribution in [1.29, 1.82) is 0 Å². The fraction of sp³-hybridized carbons (Fsp3) is 0. The number of fused-ring (bicyclic) bond motifs is 8. The number of hydrogen-bond acceptors (Lipinski definition) is 1. The van der Waals surface area contributed by atoms with Crippen LogP contribution in [0.5, 0.6) is 0 Å². The third-order valence-corrected chi connectivity index (χ3v) is 9.74. The average Bonchev–Trinajstić information content (AvgIpc) is 3.48. The molecule has 47 heavy (non-hydrogen) atoms. The highest BCUT2D eigenvalue weighted by Crippen LogP contribution is 2.50. The van der Waals surface area contributed by atoms with E-state index in [9.17, 15) is 0 Å². The van der Waals surface area contributed by atoms with Crippen molar-refractivity contribution in [1.82, 2.24) is 9.55 Å². The van der Waals surface area contributed by atoms with Gasteiger partial charge in [-0.1, -0.05) is 133 Å². The quantitative estimate of drug-likeness (QED) is 0.186. The highest BCUT2D eigenvalue weighted by atomic mass is 15.1. The lowest BCUT2D eigenvalue weighted by Gasteiger charge is -2.16. The summed E-state index contributed by atoms with van der Waals surface area (Å²) in [5.41, 5.74) is 14.4. The molecule has 1 heterocycles. The largest absolute Gasteiger partial charge is 0.292 e. The molecule has 0 bridgehead atoms. The van der Waals surface area contributed by atoms with Crippen molar-refractivity contribution in [2.75, 3.05) is 0 Å². The molecule has 0 amide bonds. The Morgan fingerprint density at radius 1 is 0.404 bits per heavy atom. The van der Waals surface area contributed by atoms with Crippen LogP contribution < -0.4 is 0 Å². The molecule has 0 aliphatic heterocycles. The van der Waals surface area contributed by atoms with E-state index < -0.39 is 0 Å². The molecule has 10 rings (SSSR count). The maximum atomic E-state index is 5.08. The second-order valence-electron chi connectivity index (χ2n) is 12.4. The maximum absolute atomic E-state index is 5.08. The van der Waals surface area contributed by atoms with Crippen LogP contribution in [0.4, 0.5) is 0 Å². The first-order chi connectivity index (χ1) is 23.3. The fourth-order valence-electron chi connectivity index (χ4n) is 7.61. The van der Waals surface area contributed by atoms with Crippen LogP contribution in [-0.4, -0.2) is 9.55 Å². The Labute approximate surface area is 272 Å². The molecule has 218 valence electrons. The van der Waals surface area contributed by atoms with Crippen molar-refractivity contribution in [3.8, 4) is 61.6 Å². The summed E-state index contributed by atoms with van der Waals surface area (Å²) in [5.74, 6) is 0.943. The molecule has 0 radical (unpaired) electrons. The zero-order chi connectivity index (χ0) is 30.9. The molecular weight excluding hydrogens is 569 g/mol. The normalized spacial score (nSPS) is 11.8. The molecule has 0 N–H and O–H groups in total. The Hall–Kier alpha value is -6.25. The molecule has 1 aliphatic carbocycles. The van der Waals surface area contributed by atoms with E-state index >= 15 is 0 Å². The summed E-state index contributed by atoms with van der Waals surface area (Å²) >= 11 is 0. The Kier molecular flexibility index (Phi) is 5.61. The summed E-state index contributed by atoms with van der Waals surface area (Å²) in [7, 11) is 0. The Bertz CT molecular complexity index is 2660. The van der Waals surface area contributed by atoms with Crippen LogP contribution in [0.1, 0.15) is 0 Å². The zero-order valence-corrected chi connectivity index (χ0v) is 25.6. The number of imidazole rings is 1. The molecule has 1 aliphatic rings. The minimum absolute atomic E-state index is 0.943. The SMILES string of the molecule is c1ccc(-n2c(-c3ccc(-c4ccc5cc6cccc7c6c(c5c4)-c4ccccc4-c4ccccc4-7)cc3)nc3ccccc32)cc1. The lowest BCUT2D eigenvalue weighted by molar-refractivity contribution is 1.10. The molecule has 9 aromatic rings. The van der Waals surface area contributed by atoms with Crippen molar-refractivity contribution in [3.05, 3.63) is 170 Å². The Balaban J connectivity index is 1.16. The molecule has 0 spiro atoms. The van der Waals surface area contributed by atoms with Crippen LogP contribution in [0, 0.1) is 0 Å². The van der Waals surface area contributed by atoms with Gasteiger partial charge in [0.05, 0.1) is 11.0 Å². The Morgan fingerprint density at radius 3 is 1.83 bits per heavy atom. The van der Waals surface area contributed by atoms with Crippen molar-refractivity contribution >= 4 is 32.6 Å². The standard InChI is InChI=1S/C45H28N2/c1-2-12-34(13-3-1)47-42-20-9-8-19-41(42)46-45(47)30-23-21-29(22-24-30)31-25-26-32-27-33-11-10-18-38-36-15-5-4-14-35(36)37-16-6-7-17-39(37)44(43(33)38)40(32)28-31/h1-28H. The molecule has 2 nitrogen and oxygen atoms in total. The summed E-state index contributed by atoms with van der Waals surface area (Å²) in [6.07, 6.45) is 0. The van der Waals surface area contributed by atoms with Crippen LogP contribution in [0.15, 0.2) is 170 Å².